The highest BCUT2D eigenvalue weighted by Crippen LogP contribution is 2.30. The molecule has 0 unspecified atom stereocenters. The SMILES string of the molecule is CCC1(c2ccc(I)cc2)C(=O)NC(=O)NC1=O. The topological polar surface area (TPSA) is 75.3 Å². The van der Waals surface area contributed by atoms with Gasteiger partial charge < -0.3 is 0 Å². The number of nitrogens with one attached hydrogen (secondary N) is 2. The summed E-state index contributed by atoms with van der Waals surface area (Å²) in [5, 5.41) is 4.31. The number of barbiturate groups is 1. The third-order valence-corrected chi connectivity index (χ3v) is 3.82. The van der Waals surface area contributed by atoms with Crippen LogP contribution < -0.4 is 10.6 Å². The Morgan fingerprint density at radius 3 is 2.00 bits per heavy atom. The number of amides is 4. The Morgan fingerprint density at radius 1 is 1.06 bits per heavy atom. The van der Waals surface area contributed by atoms with Crippen LogP contribution in [0.1, 0.15) is 18.9 Å². The molecular weight excluding hydrogens is 347 g/mol. The molecule has 0 atom stereocenters. The molecule has 0 spiro atoms. The molecule has 2 rings (SSSR count). The Morgan fingerprint density at radius 2 is 1.56 bits per heavy atom. The van der Waals surface area contributed by atoms with E-state index in [0.29, 0.717) is 12.0 Å². The number of urea groups is 1. The number of carbonyl (C=O) groups excluding carboxylic acids is 3. The van der Waals surface area contributed by atoms with Crippen LogP contribution in [0.4, 0.5) is 4.79 Å². The summed E-state index contributed by atoms with van der Waals surface area (Å²) < 4.78 is 1.01. The van der Waals surface area contributed by atoms with E-state index in [4.69, 9.17) is 0 Å². The minimum atomic E-state index is -1.32. The van der Waals surface area contributed by atoms with E-state index in [1.165, 1.54) is 0 Å². The second kappa shape index (κ2) is 4.68. The van der Waals surface area contributed by atoms with Gasteiger partial charge in [0.05, 0.1) is 0 Å². The largest absolute Gasteiger partial charge is 0.328 e. The molecule has 5 nitrogen and oxygen atoms in total. The molecule has 18 heavy (non-hydrogen) atoms. The van der Waals surface area contributed by atoms with E-state index in [-0.39, 0.29) is 0 Å². The fourth-order valence-electron chi connectivity index (χ4n) is 2.08. The predicted molar refractivity (Wildman–Crippen MR) is 72.8 cm³/mol. The third kappa shape index (κ3) is 1.90. The first-order valence-corrected chi connectivity index (χ1v) is 6.51. The summed E-state index contributed by atoms with van der Waals surface area (Å²) in [6.45, 7) is 1.74. The van der Waals surface area contributed by atoms with Crippen molar-refractivity contribution in [3.63, 3.8) is 0 Å². The molecule has 1 heterocycles. The molecule has 1 aromatic carbocycles. The van der Waals surface area contributed by atoms with Crippen LogP contribution in [0.2, 0.25) is 0 Å². The molecule has 0 aliphatic carbocycles. The van der Waals surface area contributed by atoms with Gasteiger partial charge in [-0.15, -0.1) is 0 Å². The van der Waals surface area contributed by atoms with Crippen molar-refractivity contribution in [3.05, 3.63) is 33.4 Å². The second-order valence-electron chi connectivity index (χ2n) is 4.00. The maximum Gasteiger partial charge on any atom is 0.328 e. The van der Waals surface area contributed by atoms with Crippen molar-refractivity contribution in [2.24, 2.45) is 0 Å². The van der Waals surface area contributed by atoms with Gasteiger partial charge in [-0.25, -0.2) is 4.79 Å². The number of benzene rings is 1. The number of hydrogen-bond acceptors (Lipinski definition) is 3. The van der Waals surface area contributed by atoms with Crippen molar-refractivity contribution in [1.82, 2.24) is 10.6 Å². The van der Waals surface area contributed by atoms with Crippen LogP contribution in [0.3, 0.4) is 0 Å². The monoisotopic (exact) mass is 358 g/mol. The number of imide groups is 2. The van der Waals surface area contributed by atoms with Crippen LogP contribution in [0.25, 0.3) is 0 Å². The van der Waals surface area contributed by atoms with E-state index in [0.717, 1.165) is 3.57 Å². The van der Waals surface area contributed by atoms with Crippen molar-refractivity contribution in [2.45, 2.75) is 18.8 Å². The highest BCUT2D eigenvalue weighted by atomic mass is 127. The Bertz CT molecular complexity index is 505. The first-order valence-electron chi connectivity index (χ1n) is 5.43. The van der Waals surface area contributed by atoms with Gasteiger partial charge in [0.15, 0.2) is 5.41 Å². The quantitative estimate of drug-likeness (QED) is 0.618. The first kappa shape index (κ1) is 13.0. The summed E-state index contributed by atoms with van der Waals surface area (Å²) in [6, 6.07) is 6.36. The Labute approximate surface area is 117 Å². The minimum absolute atomic E-state index is 0.290. The van der Waals surface area contributed by atoms with Crippen LogP contribution in [0, 0.1) is 3.57 Å². The van der Waals surface area contributed by atoms with Crippen molar-refractivity contribution >= 4 is 40.4 Å². The molecule has 0 bridgehead atoms. The van der Waals surface area contributed by atoms with E-state index in [1.807, 2.05) is 12.1 Å². The Hall–Kier alpha value is -1.44. The van der Waals surface area contributed by atoms with Crippen LogP contribution in [0.15, 0.2) is 24.3 Å². The number of halogens is 1. The summed E-state index contributed by atoms with van der Waals surface area (Å²) in [5.41, 5.74) is -0.731. The van der Waals surface area contributed by atoms with Crippen molar-refractivity contribution in [2.75, 3.05) is 0 Å². The molecule has 94 valence electrons. The maximum atomic E-state index is 12.1. The zero-order valence-electron chi connectivity index (χ0n) is 9.62. The summed E-state index contributed by atoms with van der Waals surface area (Å²) >= 11 is 2.14. The molecule has 4 amide bonds. The Balaban J connectivity index is 2.53. The molecular formula is C12H11IN2O3. The average molecular weight is 358 g/mol. The molecule has 0 saturated carbocycles. The van der Waals surface area contributed by atoms with E-state index < -0.39 is 23.3 Å². The molecule has 1 aliphatic heterocycles. The Kier molecular flexibility index (Phi) is 3.38. The molecule has 2 N–H and O–H groups in total. The molecule has 6 heteroatoms. The lowest BCUT2D eigenvalue weighted by molar-refractivity contribution is -0.138. The van der Waals surface area contributed by atoms with Gasteiger partial charge in [0.2, 0.25) is 11.8 Å². The van der Waals surface area contributed by atoms with Gasteiger partial charge in [-0.2, -0.15) is 0 Å². The average Bonchev–Trinajstić information content (AvgIpc) is 2.31. The summed E-state index contributed by atoms with van der Waals surface area (Å²) in [7, 11) is 0. The van der Waals surface area contributed by atoms with Crippen molar-refractivity contribution in [3.8, 4) is 0 Å². The van der Waals surface area contributed by atoms with E-state index in [2.05, 4.69) is 33.2 Å². The van der Waals surface area contributed by atoms with Crippen LogP contribution in [-0.4, -0.2) is 17.8 Å². The van der Waals surface area contributed by atoms with Crippen LogP contribution in [0.5, 0.6) is 0 Å². The smallest absolute Gasteiger partial charge is 0.277 e. The van der Waals surface area contributed by atoms with Gasteiger partial charge in [-0.1, -0.05) is 19.1 Å². The summed E-state index contributed by atoms with van der Waals surface area (Å²) in [5.74, 6) is -1.14. The standard InChI is InChI=1S/C12H11IN2O3/c1-2-12(7-3-5-8(13)6-4-7)9(16)14-11(18)15-10(12)17/h3-6H,2H2,1H3,(H2,14,15,16,17,18). The second-order valence-corrected chi connectivity index (χ2v) is 5.25. The van der Waals surface area contributed by atoms with Gasteiger partial charge in [0.1, 0.15) is 0 Å². The zero-order valence-corrected chi connectivity index (χ0v) is 11.8. The van der Waals surface area contributed by atoms with Gasteiger partial charge >= 0.3 is 6.03 Å². The summed E-state index contributed by atoms with van der Waals surface area (Å²) in [4.78, 5) is 35.2. The fourth-order valence-corrected chi connectivity index (χ4v) is 2.44. The number of hydrogen-bond donors (Lipinski definition) is 2. The van der Waals surface area contributed by atoms with E-state index >= 15 is 0 Å². The molecule has 0 aromatic heterocycles. The number of rotatable bonds is 2. The molecule has 0 radical (unpaired) electrons. The lowest BCUT2D eigenvalue weighted by Gasteiger charge is -2.33. The highest BCUT2D eigenvalue weighted by Gasteiger charge is 2.50. The van der Waals surface area contributed by atoms with Gasteiger partial charge in [-0.05, 0) is 46.7 Å². The molecule has 1 aromatic rings. The van der Waals surface area contributed by atoms with Gasteiger partial charge in [0.25, 0.3) is 0 Å². The lowest BCUT2D eigenvalue weighted by atomic mass is 9.75. The predicted octanol–water partition coefficient (Wildman–Crippen LogP) is 1.30. The number of carbonyl (C=O) groups is 3. The lowest BCUT2D eigenvalue weighted by Crippen LogP contribution is -2.64. The summed E-state index contributed by atoms with van der Waals surface area (Å²) in [6.07, 6.45) is 0.290. The van der Waals surface area contributed by atoms with E-state index in [1.54, 1.807) is 19.1 Å². The zero-order chi connectivity index (χ0) is 13.3. The van der Waals surface area contributed by atoms with Crippen molar-refractivity contribution < 1.29 is 14.4 Å². The fraction of sp³-hybridized carbons (Fsp3) is 0.250. The van der Waals surface area contributed by atoms with Crippen molar-refractivity contribution in [1.29, 1.82) is 0 Å². The maximum absolute atomic E-state index is 12.1. The molecule has 1 aliphatic rings. The van der Waals surface area contributed by atoms with Crippen LogP contribution in [-0.2, 0) is 15.0 Å². The van der Waals surface area contributed by atoms with Gasteiger partial charge in [-0.3, -0.25) is 20.2 Å². The molecule has 1 fully saturated rings. The minimum Gasteiger partial charge on any atom is -0.277 e. The normalized spacial score (nSPS) is 18.2. The van der Waals surface area contributed by atoms with Gasteiger partial charge in [0, 0.05) is 3.57 Å². The first-order chi connectivity index (χ1) is 8.50. The third-order valence-electron chi connectivity index (χ3n) is 3.10. The van der Waals surface area contributed by atoms with Crippen LogP contribution >= 0.6 is 22.6 Å². The van der Waals surface area contributed by atoms with E-state index in [9.17, 15) is 14.4 Å². The molecule has 1 saturated heterocycles. The highest BCUT2D eigenvalue weighted by molar-refractivity contribution is 14.1.